The van der Waals surface area contributed by atoms with E-state index in [1.165, 1.54) is 17.5 Å². The number of hydrogen-bond acceptors (Lipinski definition) is 5. The molecule has 0 radical (unpaired) electrons. The first kappa shape index (κ1) is 17.9. The van der Waals surface area contributed by atoms with Gasteiger partial charge in [0, 0.05) is 24.2 Å². The van der Waals surface area contributed by atoms with Crippen LogP contribution in [0.2, 0.25) is 0 Å². The van der Waals surface area contributed by atoms with Crippen molar-refractivity contribution in [3.05, 3.63) is 59.5 Å². The lowest BCUT2D eigenvalue weighted by Gasteiger charge is -2.17. The molecule has 0 bridgehead atoms. The lowest BCUT2D eigenvalue weighted by Crippen LogP contribution is -2.24. The zero-order valence-electron chi connectivity index (χ0n) is 16.4. The quantitative estimate of drug-likeness (QED) is 0.656. The molecular formula is C23H23N3O3. The molecule has 1 aliphatic carbocycles. The molecule has 6 heteroatoms. The zero-order chi connectivity index (χ0) is 19.8. The Kier molecular flexibility index (Phi) is 4.54. The fourth-order valence-electron chi connectivity index (χ4n) is 4.23. The van der Waals surface area contributed by atoms with Gasteiger partial charge in [0.1, 0.15) is 5.75 Å². The van der Waals surface area contributed by atoms with E-state index in [1.54, 1.807) is 0 Å². The van der Waals surface area contributed by atoms with Gasteiger partial charge in [0.05, 0.1) is 12.5 Å². The number of fused-ring (bicyclic) bond motifs is 1. The number of anilines is 1. The highest BCUT2D eigenvalue weighted by Crippen LogP contribution is 2.34. The monoisotopic (exact) mass is 389 g/mol. The summed E-state index contributed by atoms with van der Waals surface area (Å²) in [5.41, 5.74) is 4.62. The lowest BCUT2D eigenvalue weighted by molar-refractivity contribution is -0.117. The van der Waals surface area contributed by atoms with Crippen LogP contribution in [0.3, 0.4) is 0 Å². The molecule has 0 saturated carbocycles. The van der Waals surface area contributed by atoms with Gasteiger partial charge < -0.3 is 14.2 Å². The van der Waals surface area contributed by atoms with E-state index in [4.69, 9.17) is 9.26 Å². The number of ether oxygens (including phenoxy) is 1. The first-order valence-electron chi connectivity index (χ1n) is 10.2. The second-order valence-electron chi connectivity index (χ2n) is 7.63. The third-order valence-corrected chi connectivity index (χ3v) is 5.73. The van der Waals surface area contributed by atoms with Gasteiger partial charge in [-0.25, -0.2) is 0 Å². The molecule has 1 unspecified atom stereocenters. The molecule has 1 fully saturated rings. The molecule has 2 aromatic carbocycles. The largest absolute Gasteiger partial charge is 0.494 e. The fraction of sp³-hybridized carbons (Fsp3) is 0.348. The minimum Gasteiger partial charge on any atom is -0.494 e. The summed E-state index contributed by atoms with van der Waals surface area (Å²) in [7, 11) is 0. The van der Waals surface area contributed by atoms with Gasteiger partial charge in [0.2, 0.25) is 17.6 Å². The first-order valence-corrected chi connectivity index (χ1v) is 10.2. The molecule has 29 heavy (non-hydrogen) atoms. The molecule has 1 saturated heterocycles. The molecule has 0 N–H and O–H groups in total. The zero-order valence-corrected chi connectivity index (χ0v) is 16.4. The number of aromatic nitrogens is 2. The average molecular weight is 389 g/mol. The molecule has 148 valence electrons. The van der Waals surface area contributed by atoms with Crippen molar-refractivity contribution in [2.45, 2.75) is 38.5 Å². The molecule has 3 aromatic rings. The Hall–Kier alpha value is -3.15. The number of carbonyl (C=O) groups excluding carboxylic acids is 1. The van der Waals surface area contributed by atoms with Gasteiger partial charge in [-0.1, -0.05) is 11.2 Å². The van der Waals surface area contributed by atoms with E-state index in [0.717, 1.165) is 29.8 Å². The van der Waals surface area contributed by atoms with Crippen LogP contribution in [0, 0.1) is 0 Å². The summed E-state index contributed by atoms with van der Waals surface area (Å²) in [4.78, 5) is 19.1. The van der Waals surface area contributed by atoms with Crippen LogP contribution < -0.4 is 9.64 Å². The first-order chi connectivity index (χ1) is 14.2. The minimum absolute atomic E-state index is 0.0836. The molecule has 2 heterocycles. The number of amides is 1. The molecule has 2 aliphatic rings. The van der Waals surface area contributed by atoms with Gasteiger partial charge in [-0.2, -0.15) is 4.98 Å². The van der Waals surface area contributed by atoms with Gasteiger partial charge >= 0.3 is 0 Å². The predicted molar refractivity (Wildman–Crippen MR) is 109 cm³/mol. The summed E-state index contributed by atoms with van der Waals surface area (Å²) in [5, 5.41) is 4.12. The summed E-state index contributed by atoms with van der Waals surface area (Å²) < 4.78 is 11.0. The van der Waals surface area contributed by atoms with Crippen molar-refractivity contribution >= 4 is 11.6 Å². The minimum atomic E-state index is -0.0836. The van der Waals surface area contributed by atoms with E-state index in [9.17, 15) is 4.79 Å². The van der Waals surface area contributed by atoms with E-state index >= 15 is 0 Å². The lowest BCUT2D eigenvalue weighted by atomic mass is 10.1. The summed E-state index contributed by atoms with van der Waals surface area (Å²) in [6, 6.07) is 14.0. The van der Waals surface area contributed by atoms with Crippen LogP contribution in [0.25, 0.3) is 11.4 Å². The summed E-state index contributed by atoms with van der Waals surface area (Å²) >= 11 is 0. The molecule has 1 amide bonds. The Labute approximate surface area is 169 Å². The van der Waals surface area contributed by atoms with Crippen LogP contribution in [-0.2, 0) is 17.6 Å². The number of benzene rings is 2. The molecule has 5 rings (SSSR count). The molecule has 6 nitrogen and oxygen atoms in total. The average Bonchev–Trinajstić information content (AvgIpc) is 3.47. The number of aryl methyl sites for hydroxylation is 2. The number of nitrogens with zero attached hydrogens (tertiary/aromatic N) is 3. The standard InChI is InChI=1S/C23H23N3O3/c1-2-28-20-10-7-16(8-11-20)22-24-23(29-25-22)18-13-21(27)26(14-18)19-9-6-15-4-3-5-17(15)12-19/h6-12,18H,2-5,13-14H2,1H3. The maximum absolute atomic E-state index is 12.7. The van der Waals surface area contributed by atoms with Gasteiger partial charge in [0.15, 0.2) is 0 Å². The second-order valence-corrected chi connectivity index (χ2v) is 7.63. The van der Waals surface area contributed by atoms with Crippen LogP contribution >= 0.6 is 0 Å². The highest BCUT2D eigenvalue weighted by Gasteiger charge is 2.35. The van der Waals surface area contributed by atoms with Gasteiger partial charge in [-0.15, -0.1) is 0 Å². The molecule has 1 atom stereocenters. The smallest absolute Gasteiger partial charge is 0.232 e. The second kappa shape index (κ2) is 7.35. The summed E-state index contributed by atoms with van der Waals surface area (Å²) in [5.74, 6) is 1.89. The summed E-state index contributed by atoms with van der Waals surface area (Å²) in [6.45, 7) is 3.15. The maximum atomic E-state index is 12.7. The SMILES string of the molecule is CCOc1ccc(-c2noc(C3CC(=O)N(c4ccc5c(c4)CCC5)C3)n2)cc1. The van der Waals surface area contributed by atoms with Crippen LogP contribution in [0.1, 0.15) is 42.7 Å². The number of rotatable bonds is 5. The van der Waals surface area contributed by atoms with Gasteiger partial charge in [-0.05, 0) is 73.7 Å². The van der Waals surface area contributed by atoms with E-state index in [-0.39, 0.29) is 11.8 Å². The van der Waals surface area contributed by atoms with Crippen LogP contribution in [0.15, 0.2) is 47.0 Å². The van der Waals surface area contributed by atoms with Crippen LogP contribution in [-0.4, -0.2) is 29.2 Å². The highest BCUT2D eigenvalue weighted by atomic mass is 16.5. The molecule has 0 spiro atoms. The van der Waals surface area contributed by atoms with Crippen molar-refractivity contribution in [3.8, 4) is 17.1 Å². The van der Waals surface area contributed by atoms with Crippen molar-refractivity contribution in [3.63, 3.8) is 0 Å². The molecule has 1 aromatic heterocycles. The van der Waals surface area contributed by atoms with Crippen molar-refractivity contribution in [2.75, 3.05) is 18.1 Å². The Morgan fingerprint density at radius 1 is 1.14 bits per heavy atom. The topological polar surface area (TPSA) is 68.5 Å². The van der Waals surface area contributed by atoms with Crippen molar-refractivity contribution in [2.24, 2.45) is 0 Å². The van der Waals surface area contributed by atoms with Crippen molar-refractivity contribution in [1.29, 1.82) is 0 Å². The van der Waals surface area contributed by atoms with Crippen LogP contribution in [0.5, 0.6) is 5.75 Å². The Morgan fingerprint density at radius 2 is 1.97 bits per heavy atom. The van der Waals surface area contributed by atoms with E-state index < -0.39 is 0 Å². The van der Waals surface area contributed by atoms with Gasteiger partial charge in [-0.3, -0.25) is 4.79 Å². The number of hydrogen-bond donors (Lipinski definition) is 0. The normalized spacial score (nSPS) is 18.3. The molecule has 1 aliphatic heterocycles. The van der Waals surface area contributed by atoms with E-state index in [1.807, 2.05) is 36.1 Å². The van der Waals surface area contributed by atoms with Crippen LogP contribution in [0.4, 0.5) is 5.69 Å². The Morgan fingerprint density at radius 3 is 2.79 bits per heavy atom. The molecular weight excluding hydrogens is 366 g/mol. The predicted octanol–water partition coefficient (Wildman–Crippen LogP) is 4.14. The Balaban J connectivity index is 1.33. The fourth-order valence-corrected chi connectivity index (χ4v) is 4.23. The van der Waals surface area contributed by atoms with Crippen molar-refractivity contribution in [1.82, 2.24) is 10.1 Å². The summed E-state index contributed by atoms with van der Waals surface area (Å²) in [6.07, 6.45) is 3.83. The Bertz CT molecular complexity index is 1040. The van der Waals surface area contributed by atoms with Gasteiger partial charge in [0.25, 0.3) is 0 Å². The third kappa shape index (κ3) is 3.39. The van der Waals surface area contributed by atoms with E-state index in [0.29, 0.717) is 31.3 Å². The van der Waals surface area contributed by atoms with E-state index in [2.05, 4.69) is 28.3 Å². The van der Waals surface area contributed by atoms with Crippen molar-refractivity contribution < 1.29 is 14.1 Å². The maximum Gasteiger partial charge on any atom is 0.232 e. The highest BCUT2D eigenvalue weighted by molar-refractivity contribution is 5.96. The third-order valence-electron chi connectivity index (χ3n) is 5.73. The number of carbonyl (C=O) groups is 1.